The smallest absolute Gasteiger partial charge is 0.309 e. The Morgan fingerprint density at radius 1 is 1.17 bits per heavy atom. The molecule has 2 aromatic carbocycles. The third kappa shape index (κ3) is 8.07. The third-order valence-electron chi connectivity index (χ3n) is 6.76. The largest absolute Gasteiger partial charge is 0.469 e. The average Bonchev–Trinajstić information content (AvgIpc) is 3.46. The lowest BCUT2D eigenvalue weighted by Crippen LogP contribution is -2.33. The molecule has 0 radical (unpaired) electrons. The molecular formula is C29H31ClN6O5. The van der Waals surface area contributed by atoms with E-state index < -0.39 is 11.9 Å². The summed E-state index contributed by atoms with van der Waals surface area (Å²) in [6, 6.07) is 10.2. The molecule has 0 aliphatic carbocycles. The van der Waals surface area contributed by atoms with E-state index in [0.717, 1.165) is 11.3 Å². The van der Waals surface area contributed by atoms with Crippen LogP contribution < -0.4 is 10.6 Å². The molecule has 3 aromatic rings. The van der Waals surface area contributed by atoms with Gasteiger partial charge < -0.3 is 15.4 Å². The van der Waals surface area contributed by atoms with Crippen molar-refractivity contribution in [1.82, 2.24) is 25.5 Å². The van der Waals surface area contributed by atoms with E-state index in [1.165, 1.54) is 18.1 Å². The maximum absolute atomic E-state index is 13.4. The number of fused-ring (bicyclic) bond motifs is 1. The van der Waals surface area contributed by atoms with Crippen LogP contribution in [0, 0.1) is 11.8 Å². The zero-order chi connectivity index (χ0) is 29.4. The highest BCUT2D eigenvalue weighted by Crippen LogP contribution is 2.25. The van der Waals surface area contributed by atoms with Crippen LogP contribution in [0.3, 0.4) is 0 Å². The molecule has 41 heavy (non-hydrogen) atoms. The van der Waals surface area contributed by atoms with Crippen molar-refractivity contribution in [2.75, 3.05) is 19.0 Å². The van der Waals surface area contributed by atoms with Gasteiger partial charge in [-0.1, -0.05) is 36.7 Å². The number of tetrazole rings is 1. The summed E-state index contributed by atoms with van der Waals surface area (Å²) in [6.45, 7) is 2.21. The maximum Gasteiger partial charge on any atom is 0.309 e. The lowest BCUT2D eigenvalue weighted by molar-refractivity contribution is -0.139. The van der Waals surface area contributed by atoms with E-state index in [-0.39, 0.29) is 48.3 Å². The molecule has 1 aliphatic rings. The number of amides is 2. The topological polar surface area (TPSA) is 145 Å². The van der Waals surface area contributed by atoms with Crippen LogP contribution >= 0.6 is 11.6 Å². The first-order valence-corrected chi connectivity index (χ1v) is 13.6. The van der Waals surface area contributed by atoms with E-state index in [4.69, 9.17) is 16.3 Å². The summed E-state index contributed by atoms with van der Waals surface area (Å²) < 4.78 is 6.26. The Morgan fingerprint density at radius 3 is 2.76 bits per heavy atom. The van der Waals surface area contributed by atoms with E-state index in [1.807, 2.05) is 19.1 Å². The Kier molecular flexibility index (Phi) is 9.96. The van der Waals surface area contributed by atoms with E-state index in [0.29, 0.717) is 35.7 Å². The van der Waals surface area contributed by atoms with Gasteiger partial charge in [-0.2, -0.15) is 0 Å². The number of ketones is 1. The van der Waals surface area contributed by atoms with Crippen LogP contribution in [0.15, 0.2) is 54.9 Å². The number of anilines is 1. The number of carbonyl (C=O) groups is 4. The molecule has 11 nitrogen and oxygen atoms in total. The Balaban J connectivity index is 1.51. The fourth-order valence-corrected chi connectivity index (χ4v) is 4.85. The van der Waals surface area contributed by atoms with Crippen LogP contribution in [0.1, 0.15) is 47.7 Å². The number of Topliss-reactive ketones (excluding diaryl/α,β-unsaturated/α-hetero) is 1. The van der Waals surface area contributed by atoms with Crippen LogP contribution in [0.25, 0.3) is 5.69 Å². The fraction of sp³-hybridized carbons (Fsp3) is 0.345. The number of carbonyl (C=O) groups excluding carboxylic acids is 4. The van der Waals surface area contributed by atoms with E-state index in [9.17, 15) is 19.2 Å². The molecule has 12 heteroatoms. The van der Waals surface area contributed by atoms with Gasteiger partial charge in [0.1, 0.15) is 6.33 Å². The molecule has 2 N–H and O–H groups in total. The van der Waals surface area contributed by atoms with Gasteiger partial charge in [0.2, 0.25) is 11.8 Å². The van der Waals surface area contributed by atoms with Crippen molar-refractivity contribution < 1.29 is 23.9 Å². The number of benzene rings is 2. The minimum Gasteiger partial charge on any atom is -0.469 e. The summed E-state index contributed by atoms with van der Waals surface area (Å²) in [5, 5.41) is 17.6. The summed E-state index contributed by atoms with van der Waals surface area (Å²) in [5.74, 6) is -1.93. The number of rotatable bonds is 7. The summed E-state index contributed by atoms with van der Waals surface area (Å²) in [7, 11) is 1.30. The van der Waals surface area contributed by atoms with Crippen molar-refractivity contribution in [2.24, 2.45) is 11.8 Å². The first-order chi connectivity index (χ1) is 19.7. The molecule has 1 aliphatic heterocycles. The standard InChI is InChI=1S/C29H31ClN6O5/c1-18-4-3-5-21(29(40)31-11-10-20-15-22(30)7-9-25(20)36-17-32-34-35-36)16-26(37)23-8-6-19(14-28(39)41-2)13-24(23)33-27(38)12-18/h3-4,6-9,13,15,17-18,21H,5,10-12,14,16H2,1-2H3,(H,31,40)(H,33,38)/b4-3+. The Hall–Kier alpha value is -4.38. The zero-order valence-corrected chi connectivity index (χ0v) is 23.6. The van der Waals surface area contributed by atoms with Crippen molar-refractivity contribution in [1.29, 1.82) is 0 Å². The molecule has 0 fully saturated rings. The zero-order valence-electron chi connectivity index (χ0n) is 22.8. The number of nitrogens with zero attached hydrogens (tertiary/aromatic N) is 4. The second-order valence-corrected chi connectivity index (χ2v) is 10.4. The minimum atomic E-state index is -0.623. The van der Waals surface area contributed by atoms with Gasteiger partial charge in [-0.15, -0.1) is 5.10 Å². The van der Waals surface area contributed by atoms with Gasteiger partial charge in [0.25, 0.3) is 0 Å². The first-order valence-electron chi connectivity index (χ1n) is 13.2. The molecule has 2 heterocycles. The van der Waals surface area contributed by atoms with Crippen LogP contribution in [-0.2, 0) is 32.0 Å². The highest BCUT2D eigenvalue weighted by molar-refractivity contribution is 6.30. The van der Waals surface area contributed by atoms with Crippen LogP contribution in [0.2, 0.25) is 5.02 Å². The highest BCUT2D eigenvalue weighted by Gasteiger charge is 2.25. The van der Waals surface area contributed by atoms with Gasteiger partial charge in [0, 0.05) is 35.9 Å². The van der Waals surface area contributed by atoms with Crippen molar-refractivity contribution in [3.8, 4) is 5.69 Å². The van der Waals surface area contributed by atoms with Crippen LogP contribution in [-0.4, -0.2) is 57.4 Å². The number of methoxy groups -OCH3 is 1. The number of hydrogen-bond acceptors (Lipinski definition) is 8. The molecule has 2 unspecified atom stereocenters. The predicted octanol–water partition coefficient (Wildman–Crippen LogP) is 3.50. The van der Waals surface area contributed by atoms with Crippen molar-refractivity contribution in [3.05, 3.63) is 76.6 Å². The Bertz CT molecular complexity index is 1460. The van der Waals surface area contributed by atoms with E-state index in [1.54, 1.807) is 36.4 Å². The van der Waals surface area contributed by atoms with Crippen molar-refractivity contribution in [3.63, 3.8) is 0 Å². The summed E-state index contributed by atoms with van der Waals surface area (Å²) in [5.41, 5.74) is 2.79. The highest BCUT2D eigenvalue weighted by atomic mass is 35.5. The predicted molar refractivity (Wildman–Crippen MR) is 152 cm³/mol. The number of nitrogens with one attached hydrogen (secondary N) is 2. The number of esters is 1. The van der Waals surface area contributed by atoms with Crippen LogP contribution in [0.4, 0.5) is 5.69 Å². The molecule has 2 amide bonds. The van der Waals surface area contributed by atoms with Gasteiger partial charge in [-0.25, -0.2) is 4.68 Å². The third-order valence-corrected chi connectivity index (χ3v) is 7.00. The van der Waals surface area contributed by atoms with Crippen molar-refractivity contribution in [2.45, 2.75) is 39.0 Å². The monoisotopic (exact) mass is 578 g/mol. The lowest BCUT2D eigenvalue weighted by Gasteiger charge is -2.19. The average molecular weight is 579 g/mol. The summed E-state index contributed by atoms with van der Waals surface area (Å²) in [4.78, 5) is 51.2. The van der Waals surface area contributed by atoms with E-state index in [2.05, 4.69) is 26.2 Å². The number of aromatic nitrogens is 4. The molecule has 1 aromatic heterocycles. The van der Waals surface area contributed by atoms with Gasteiger partial charge in [0.05, 0.1) is 24.9 Å². The molecule has 0 spiro atoms. The molecular weight excluding hydrogens is 548 g/mol. The molecule has 0 saturated heterocycles. The minimum absolute atomic E-state index is 0.000224. The second kappa shape index (κ2) is 13.8. The molecule has 214 valence electrons. The van der Waals surface area contributed by atoms with Crippen molar-refractivity contribution >= 4 is 40.9 Å². The molecule has 4 rings (SSSR count). The van der Waals surface area contributed by atoms with Gasteiger partial charge in [-0.3, -0.25) is 19.2 Å². The number of ether oxygens (including phenoxy) is 1. The molecule has 0 saturated carbocycles. The molecule has 0 bridgehead atoms. The van der Waals surface area contributed by atoms with Gasteiger partial charge in [0.15, 0.2) is 5.78 Å². The number of hydrogen-bond donors (Lipinski definition) is 2. The summed E-state index contributed by atoms with van der Waals surface area (Å²) >= 11 is 6.21. The quantitative estimate of drug-likeness (QED) is 0.320. The van der Waals surface area contributed by atoms with Gasteiger partial charge in [-0.05, 0) is 70.6 Å². The lowest BCUT2D eigenvalue weighted by atomic mass is 9.91. The summed E-state index contributed by atoms with van der Waals surface area (Å²) in [6.07, 6.45) is 6.16. The Morgan fingerprint density at radius 2 is 2.00 bits per heavy atom. The molecule has 2 atom stereocenters. The second-order valence-electron chi connectivity index (χ2n) is 9.92. The fourth-order valence-electron chi connectivity index (χ4n) is 4.65. The van der Waals surface area contributed by atoms with Crippen LogP contribution in [0.5, 0.6) is 0 Å². The van der Waals surface area contributed by atoms with E-state index >= 15 is 0 Å². The first kappa shape index (κ1) is 29.6. The number of allylic oxidation sites excluding steroid dienone is 2. The maximum atomic E-state index is 13.4. The number of halogens is 1. The normalized spacial score (nSPS) is 18.3. The Labute approximate surface area is 242 Å². The van der Waals surface area contributed by atoms with Gasteiger partial charge >= 0.3 is 5.97 Å². The SMILES string of the molecule is COC(=O)Cc1ccc2c(c1)NC(=O)CC(C)/C=C/CC(C(=O)NCCc1cc(Cl)ccc1-n1cnnn1)CC2=O.